The van der Waals surface area contributed by atoms with Gasteiger partial charge in [0.1, 0.15) is 12.7 Å². The second kappa shape index (κ2) is 52.0. The Hall–Kier alpha value is -2.30. The number of carboxylic acids is 1. The van der Waals surface area contributed by atoms with E-state index in [1.807, 2.05) is 0 Å². The van der Waals surface area contributed by atoms with E-state index in [9.17, 15) is 34.1 Å². The van der Waals surface area contributed by atoms with Gasteiger partial charge in [-0.25, -0.2) is 9.36 Å². The molecule has 0 aromatic carbocycles. The first-order valence-electron chi connectivity index (χ1n) is 28.5. The van der Waals surface area contributed by atoms with Gasteiger partial charge in [-0.1, -0.05) is 249 Å². The number of phosphoric acid groups is 1. The zero-order valence-electron chi connectivity index (χ0n) is 44.4. The number of nitrogens with one attached hydrogen (secondary N) is 1. The Morgan fingerprint density at radius 1 is 0.464 bits per heavy atom. The molecule has 1 amide bonds. The summed E-state index contributed by atoms with van der Waals surface area (Å²) in [6, 6.07) is -1.55. The zero-order valence-corrected chi connectivity index (χ0v) is 45.3. The number of carboxylic acid groups (broad SMARTS) is 1. The molecule has 0 rings (SSSR count). The molecule has 4 N–H and O–H groups in total. The van der Waals surface area contributed by atoms with Crippen molar-refractivity contribution in [2.45, 2.75) is 289 Å². The Kier molecular flexibility index (Phi) is 50.3. The third kappa shape index (κ3) is 51.9. The number of aliphatic hydroxyl groups excluding tert-OH is 1. The lowest BCUT2D eigenvalue weighted by molar-refractivity contribution is -0.147. The van der Waals surface area contributed by atoms with Crippen LogP contribution in [0.1, 0.15) is 277 Å². The number of ether oxygens (including phenoxy) is 1. The fraction of sp³-hybridized carbons (Fsp3) is 0.842. The van der Waals surface area contributed by atoms with Crippen molar-refractivity contribution in [3.63, 3.8) is 0 Å². The van der Waals surface area contributed by atoms with Crippen molar-refractivity contribution < 1.29 is 47.8 Å². The maximum absolute atomic E-state index is 12.4. The maximum Gasteiger partial charge on any atom is 0.472 e. The summed E-state index contributed by atoms with van der Waals surface area (Å²) >= 11 is 0. The molecule has 11 nitrogen and oxygen atoms in total. The van der Waals surface area contributed by atoms with Gasteiger partial charge in [0.2, 0.25) is 5.91 Å². The lowest BCUT2D eigenvalue weighted by Crippen LogP contribution is -2.43. The number of allylic oxidation sites excluding steroid dienone is 6. The molecule has 0 aliphatic rings. The molecular weight excluding hydrogens is 890 g/mol. The predicted molar refractivity (Wildman–Crippen MR) is 286 cm³/mol. The van der Waals surface area contributed by atoms with E-state index >= 15 is 0 Å². The molecule has 69 heavy (non-hydrogen) atoms. The van der Waals surface area contributed by atoms with Crippen molar-refractivity contribution >= 4 is 25.7 Å². The molecule has 0 heterocycles. The van der Waals surface area contributed by atoms with Crippen LogP contribution in [0.15, 0.2) is 36.5 Å². The summed E-state index contributed by atoms with van der Waals surface area (Å²) in [6.07, 6.45) is 60.3. The van der Waals surface area contributed by atoms with Crippen molar-refractivity contribution in [1.82, 2.24) is 5.32 Å². The van der Waals surface area contributed by atoms with Crippen molar-refractivity contribution in [2.24, 2.45) is 0 Å². The van der Waals surface area contributed by atoms with E-state index < -0.39 is 57.6 Å². The molecule has 0 radical (unpaired) electrons. The normalized spacial score (nSPS) is 13.7. The van der Waals surface area contributed by atoms with E-state index in [1.165, 1.54) is 173 Å². The van der Waals surface area contributed by atoms with Gasteiger partial charge in [-0.2, -0.15) is 0 Å². The Morgan fingerprint density at radius 2 is 0.797 bits per heavy atom. The fourth-order valence-electron chi connectivity index (χ4n) is 8.27. The predicted octanol–water partition coefficient (Wildman–Crippen LogP) is 16.3. The first-order valence-corrected chi connectivity index (χ1v) is 30.0. The number of aliphatic hydroxyl groups is 1. The quantitative estimate of drug-likeness (QED) is 0.0199. The lowest BCUT2D eigenvalue weighted by atomic mass is 10.0. The summed E-state index contributed by atoms with van der Waals surface area (Å²) in [4.78, 5) is 46.2. The van der Waals surface area contributed by atoms with Crippen LogP contribution in [0, 0.1) is 0 Å². The van der Waals surface area contributed by atoms with Crippen molar-refractivity contribution in [3.05, 3.63) is 36.5 Å². The van der Waals surface area contributed by atoms with Gasteiger partial charge < -0.3 is 25.2 Å². The van der Waals surface area contributed by atoms with Gasteiger partial charge in [0, 0.05) is 12.8 Å². The van der Waals surface area contributed by atoms with Gasteiger partial charge in [-0.05, 0) is 51.4 Å². The van der Waals surface area contributed by atoms with E-state index in [2.05, 4.69) is 55.6 Å². The number of carbonyl (C=O) groups is 3. The van der Waals surface area contributed by atoms with Crippen LogP contribution in [-0.4, -0.2) is 64.9 Å². The van der Waals surface area contributed by atoms with Crippen LogP contribution >= 0.6 is 7.82 Å². The van der Waals surface area contributed by atoms with Gasteiger partial charge in [-0.3, -0.25) is 18.6 Å². The molecule has 0 aliphatic carbocycles. The molecule has 0 saturated carbocycles. The zero-order chi connectivity index (χ0) is 50.6. The minimum absolute atomic E-state index is 0.138. The summed E-state index contributed by atoms with van der Waals surface area (Å²) in [5.74, 6) is -2.37. The number of aliphatic carboxylic acids is 1. The van der Waals surface area contributed by atoms with Crippen LogP contribution in [0.25, 0.3) is 0 Å². The number of amides is 1. The molecule has 0 aromatic rings. The van der Waals surface area contributed by atoms with Crippen LogP contribution < -0.4 is 5.32 Å². The molecule has 0 spiro atoms. The molecule has 3 unspecified atom stereocenters. The number of rotatable bonds is 54. The highest BCUT2D eigenvalue weighted by Gasteiger charge is 2.28. The number of unbranched alkanes of at least 4 members (excludes halogenated alkanes) is 34. The molecule has 0 aliphatic heterocycles. The van der Waals surface area contributed by atoms with E-state index in [-0.39, 0.29) is 12.8 Å². The van der Waals surface area contributed by atoms with E-state index in [0.29, 0.717) is 12.8 Å². The molecule has 0 bridgehead atoms. The summed E-state index contributed by atoms with van der Waals surface area (Å²) in [6.45, 7) is 2.62. The summed E-state index contributed by atoms with van der Waals surface area (Å²) in [7, 11) is -4.77. The van der Waals surface area contributed by atoms with Crippen LogP contribution in [-0.2, 0) is 32.7 Å². The maximum atomic E-state index is 12.4. The Labute approximate surface area is 422 Å². The highest BCUT2D eigenvalue weighted by Crippen LogP contribution is 2.43. The van der Waals surface area contributed by atoms with Crippen LogP contribution in [0.4, 0.5) is 0 Å². The van der Waals surface area contributed by atoms with Crippen LogP contribution in [0.3, 0.4) is 0 Å². The summed E-state index contributed by atoms with van der Waals surface area (Å²) in [5.41, 5.74) is 0. The molecule has 0 aromatic heterocycles. The van der Waals surface area contributed by atoms with Gasteiger partial charge in [-0.15, -0.1) is 0 Å². The minimum atomic E-state index is -4.77. The van der Waals surface area contributed by atoms with Crippen molar-refractivity contribution in [3.8, 4) is 0 Å². The molecule has 404 valence electrons. The van der Waals surface area contributed by atoms with E-state index in [4.69, 9.17) is 13.8 Å². The first kappa shape index (κ1) is 66.7. The van der Waals surface area contributed by atoms with Crippen LogP contribution in [0.5, 0.6) is 0 Å². The number of phosphoric ester groups is 1. The third-order valence-corrected chi connectivity index (χ3v) is 13.6. The summed E-state index contributed by atoms with van der Waals surface area (Å²) < 4.78 is 27.0. The average molecular weight is 996 g/mol. The largest absolute Gasteiger partial charge is 0.480 e. The minimum Gasteiger partial charge on any atom is -0.480 e. The molecular formula is C57H106NO10P. The monoisotopic (exact) mass is 996 g/mol. The molecule has 3 atom stereocenters. The standard InChI is InChI=1S/C57H106NO10P/c1-3-5-7-9-11-13-15-17-19-21-23-25-26-27-29-31-33-35-37-39-41-43-45-47-49-56(61)66-50-53(59)51-67-69(64,65)68-52-54(57(62)63)58-55(60)48-46-44-42-40-38-36-34-32-30-28-24-22-20-18-16-14-12-10-8-6-4-2/h12,14,18,20,24,28,53-54,59H,3-11,13,15-17,19,21-23,25-27,29-52H2,1-2H3,(H,58,60)(H,62,63)(H,64,65)/b14-12-,20-18-,28-24-. The highest BCUT2D eigenvalue weighted by atomic mass is 31.2. The Morgan fingerprint density at radius 3 is 1.22 bits per heavy atom. The lowest BCUT2D eigenvalue weighted by Gasteiger charge is -2.18. The van der Waals surface area contributed by atoms with Crippen molar-refractivity contribution in [2.75, 3.05) is 19.8 Å². The number of hydrogen-bond acceptors (Lipinski definition) is 8. The number of carbonyl (C=O) groups excluding carboxylic acids is 2. The number of hydrogen-bond donors (Lipinski definition) is 4. The average Bonchev–Trinajstić information content (AvgIpc) is 3.33. The fourth-order valence-corrected chi connectivity index (χ4v) is 9.04. The smallest absolute Gasteiger partial charge is 0.472 e. The highest BCUT2D eigenvalue weighted by molar-refractivity contribution is 7.47. The van der Waals surface area contributed by atoms with Gasteiger partial charge in [0.25, 0.3) is 0 Å². The van der Waals surface area contributed by atoms with E-state index in [1.54, 1.807) is 0 Å². The Balaban J connectivity index is 3.76. The first-order chi connectivity index (χ1) is 33.6. The summed E-state index contributed by atoms with van der Waals surface area (Å²) in [5, 5.41) is 22.0. The number of esters is 1. The second-order valence-electron chi connectivity index (χ2n) is 19.5. The van der Waals surface area contributed by atoms with Gasteiger partial charge >= 0.3 is 19.8 Å². The third-order valence-electron chi connectivity index (χ3n) is 12.7. The SMILES string of the molecule is CCCCC/C=C\C/C=C\C/C=C\CCCCCCCCCCC(=O)NC(COP(=O)(O)OCC(O)COC(=O)CCCCCCCCCCCCCCCCCCCCCCCCCC)C(=O)O. The van der Waals surface area contributed by atoms with Crippen LogP contribution in [0.2, 0.25) is 0 Å². The second-order valence-corrected chi connectivity index (χ2v) is 20.9. The molecule has 12 heteroatoms. The molecule has 0 fully saturated rings. The van der Waals surface area contributed by atoms with Crippen molar-refractivity contribution in [1.29, 1.82) is 0 Å². The Bertz CT molecular complexity index is 1310. The molecule has 0 saturated heterocycles. The van der Waals surface area contributed by atoms with Gasteiger partial charge in [0.05, 0.1) is 13.2 Å². The van der Waals surface area contributed by atoms with Gasteiger partial charge in [0.15, 0.2) is 6.04 Å². The van der Waals surface area contributed by atoms with E-state index in [0.717, 1.165) is 64.2 Å². The topological polar surface area (TPSA) is 169 Å².